The second-order valence-electron chi connectivity index (χ2n) is 14.9. The van der Waals surface area contributed by atoms with Gasteiger partial charge in [-0.05, 0) is 94.7 Å². The third-order valence-corrected chi connectivity index (χ3v) is 9.55. The Kier molecular flexibility index (Phi) is 18.5. The largest absolute Gasteiger partial charge is 0.487 e. The predicted octanol–water partition coefficient (Wildman–Crippen LogP) is 7.92. The Morgan fingerprint density at radius 2 is 1.51 bits per heavy atom. The molecule has 0 amide bonds. The standard InChI is InChI=1S/C35H56O5.C4H11N5/c1-23(2)14-11-15-24(3)16-12-17-25(4)18-13-20-35(9)21-19-30-29(8)32(27(6)28(7)33(30)40-35)39-34(37)26(5)22-31(36)38-10;1-9(2)4(7)8-3(5)6/h22-25H,11-21H2,1-10H3;1-2H3,(H5,5,6,7,8)/b26-22-;. The Balaban J connectivity index is 0.00000117. The van der Waals surface area contributed by atoms with Crippen molar-refractivity contribution in [3.63, 3.8) is 0 Å². The number of nitrogens with two attached hydrogens (primary N) is 2. The van der Waals surface area contributed by atoms with Gasteiger partial charge in [0.15, 0.2) is 5.96 Å². The van der Waals surface area contributed by atoms with Crippen molar-refractivity contribution in [2.24, 2.45) is 34.2 Å². The van der Waals surface area contributed by atoms with Crippen LogP contribution in [-0.4, -0.2) is 55.6 Å². The molecule has 0 saturated carbocycles. The molecule has 278 valence electrons. The van der Waals surface area contributed by atoms with Crippen LogP contribution >= 0.6 is 0 Å². The van der Waals surface area contributed by atoms with Crippen LogP contribution in [0.2, 0.25) is 0 Å². The Bertz CT molecular complexity index is 1320. The zero-order valence-electron chi connectivity index (χ0n) is 32.7. The minimum absolute atomic E-state index is 0.0509. The average Bonchev–Trinajstić information content (AvgIpc) is 3.01. The van der Waals surface area contributed by atoms with Crippen LogP contribution in [0.25, 0.3) is 0 Å². The minimum Gasteiger partial charge on any atom is -0.487 e. The first-order chi connectivity index (χ1) is 22.8. The summed E-state index contributed by atoms with van der Waals surface area (Å²) in [5.74, 6) is 2.77. The lowest BCUT2D eigenvalue weighted by Crippen LogP contribution is -2.37. The maximum atomic E-state index is 12.7. The van der Waals surface area contributed by atoms with Crippen molar-refractivity contribution < 1.29 is 23.8 Å². The second-order valence-corrected chi connectivity index (χ2v) is 14.9. The SMILES string of the molecule is CN(C)C(=N)N=C(N)N.COC(=O)/C=C(/C)C(=O)Oc1c(C)c(C)c2c(c1C)CCC(C)(CCCC(C)CCCC(C)CCCC(C)C)O2. The first kappa shape index (κ1) is 43.5. The Hall–Kier alpha value is -3.56. The number of nitrogens with one attached hydrogen (secondary N) is 1. The molecule has 0 saturated heterocycles. The van der Waals surface area contributed by atoms with E-state index in [2.05, 4.69) is 44.3 Å². The van der Waals surface area contributed by atoms with Gasteiger partial charge in [0.1, 0.15) is 17.1 Å². The summed E-state index contributed by atoms with van der Waals surface area (Å²) in [6.07, 6.45) is 14.6. The number of carbonyl (C=O) groups excluding carboxylic acids is 2. The Morgan fingerprint density at radius 1 is 0.959 bits per heavy atom. The molecule has 0 radical (unpaired) electrons. The first-order valence-corrected chi connectivity index (χ1v) is 18.0. The zero-order chi connectivity index (χ0) is 37.5. The number of guanidine groups is 2. The third kappa shape index (κ3) is 15.3. The van der Waals surface area contributed by atoms with Gasteiger partial charge < -0.3 is 30.6 Å². The normalized spacial score (nSPS) is 16.7. The van der Waals surface area contributed by atoms with E-state index in [4.69, 9.17) is 26.4 Å². The lowest BCUT2D eigenvalue weighted by atomic mass is 9.83. The molecule has 10 nitrogen and oxygen atoms in total. The second kappa shape index (κ2) is 20.8. The highest BCUT2D eigenvalue weighted by molar-refractivity contribution is 5.97. The maximum Gasteiger partial charge on any atom is 0.339 e. The van der Waals surface area contributed by atoms with Crippen molar-refractivity contribution in [3.05, 3.63) is 33.9 Å². The summed E-state index contributed by atoms with van der Waals surface area (Å²) in [5.41, 5.74) is 14.0. The van der Waals surface area contributed by atoms with Crippen LogP contribution in [-0.2, 0) is 20.7 Å². The number of rotatable bonds is 15. The monoisotopic (exact) mass is 686 g/mol. The molecule has 0 spiro atoms. The molecule has 0 fully saturated rings. The summed E-state index contributed by atoms with van der Waals surface area (Å²) < 4.78 is 17.1. The van der Waals surface area contributed by atoms with E-state index in [1.165, 1.54) is 63.4 Å². The molecule has 3 unspecified atom stereocenters. The number of benzene rings is 1. The Labute approximate surface area is 296 Å². The minimum atomic E-state index is -0.575. The van der Waals surface area contributed by atoms with E-state index in [0.29, 0.717) is 5.75 Å². The summed E-state index contributed by atoms with van der Waals surface area (Å²) in [5, 5.41) is 7.05. The number of fused-ring (bicyclic) bond motifs is 1. The fourth-order valence-corrected chi connectivity index (χ4v) is 6.10. The van der Waals surface area contributed by atoms with E-state index in [-0.39, 0.29) is 23.1 Å². The zero-order valence-corrected chi connectivity index (χ0v) is 32.7. The Morgan fingerprint density at radius 3 is 2.00 bits per heavy atom. The van der Waals surface area contributed by atoms with E-state index in [0.717, 1.165) is 71.1 Å². The fraction of sp³-hybridized carbons (Fsp3) is 0.692. The van der Waals surface area contributed by atoms with Gasteiger partial charge in [-0.2, -0.15) is 4.99 Å². The summed E-state index contributed by atoms with van der Waals surface area (Å²) in [4.78, 5) is 29.1. The van der Waals surface area contributed by atoms with Crippen molar-refractivity contribution in [3.8, 4) is 11.5 Å². The molecule has 0 aliphatic carbocycles. The quantitative estimate of drug-likeness (QED) is 0.0553. The number of nitrogens with zero attached hydrogens (tertiary/aromatic N) is 2. The van der Waals surface area contributed by atoms with Crippen molar-refractivity contribution in [2.75, 3.05) is 21.2 Å². The molecule has 0 aromatic heterocycles. The summed E-state index contributed by atoms with van der Waals surface area (Å²) in [7, 11) is 4.66. The average molecular weight is 686 g/mol. The molecule has 1 aromatic carbocycles. The van der Waals surface area contributed by atoms with E-state index in [9.17, 15) is 9.59 Å². The maximum absolute atomic E-state index is 12.7. The highest BCUT2D eigenvalue weighted by Gasteiger charge is 2.35. The molecule has 1 aliphatic rings. The number of hydrogen-bond donors (Lipinski definition) is 3. The van der Waals surface area contributed by atoms with Crippen LogP contribution in [0.3, 0.4) is 0 Å². The van der Waals surface area contributed by atoms with Crippen LogP contribution in [0.4, 0.5) is 0 Å². The number of esters is 2. The molecule has 1 heterocycles. The predicted molar refractivity (Wildman–Crippen MR) is 201 cm³/mol. The van der Waals surface area contributed by atoms with E-state index in [1.807, 2.05) is 20.8 Å². The molecular formula is C39H67N5O5. The van der Waals surface area contributed by atoms with Crippen LogP contribution in [0.1, 0.15) is 128 Å². The fourth-order valence-electron chi connectivity index (χ4n) is 6.10. The molecule has 1 aliphatic heterocycles. The summed E-state index contributed by atoms with van der Waals surface area (Å²) in [6.45, 7) is 19.3. The van der Waals surface area contributed by atoms with Gasteiger partial charge in [-0.1, -0.05) is 72.6 Å². The number of methoxy groups -OCH3 is 1. The van der Waals surface area contributed by atoms with Crippen LogP contribution in [0.5, 0.6) is 11.5 Å². The lowest BCUT2D eigenvalue weighted by molar-refractivity contribution is -0.136. The van der Waals surface area contributed by atoms with Gasteiger partial charge in [-0.3, -0.25) is 5.41 Å². The van der Waals surface area contributed by atoms with Crippen LogP contribution < -0.4 is 20.9 Å². The highest BCUT2D eigenvalue weighted by Crippen LogP contribution is 2.45. The molecular weight excluding hydrogens is 618 g/mol. The van der Waals surface area contributed by atoms with Gasteiger partial charge in [-0.15, -0.1) is 0 Å². The highest BCUT2D eigenvalue weighted by atomic mass is 16.5. The third-order valence-electron chi connectivity index (χ3n) is 9.55. The van der Waals surface area contributed by atoms with Gasteiger partial charge >= 0.3 is 11.9 Å². The van der Waals surface area contributed by atoms with E-state index >= 15 is 0 Å². The van der Waals surface area contributed by atoms with Gasteiger partial charge in [-0.25, -0.2) is 9.59 Å². The first-order valence-electron chi connectivity index (χ1n) is 18.0. The molecule has 3 atom stereocenters. The molecule has 49 heavy (non-hydrogen) atoms. The van der Waals surface area contributed by atoms with Crippen molar-refractivity contribution in [1.82, 2.24) is 4.90 Å². The number of carbonyl (C=O) groups is 2. The number of ether oxygens (including phenoxy) is 3. The van der Waals surface area contributed by atoms with Gasteiger partial charge in [0.05, 0.1) is 7.11 Å². The summed E-state index contributed by atoms with van der Waals surface area (Å²) in [6, 6.07) is 0. The topological polar surface area (TPSA) is 153 Å². The van der Waals surface area contributed by atoms with E-state index in [1.54, 1.807) is 21.0 Å². The van der Waals surface area contributed by atoms with Gasteiger partial charge in [0, 0.05) is 31.3 Å². The van der Waals surface area contributed by atoms with Crippen molar-refractivity contribution in [1.29, 1.82) is 5.41 Å². The van der Waals surface area contributed by atoms with Crippen molar-refractivity contribution >= 4 is 23.9 Å². The smallest absolute Gasteiger partial charge is 0.339 e. The summed E-state index contributed by atoms with van der Waals surface area (Å²) >= 11 is 0. The molecule has 5 N–H and O–H groups in total. The van der Waals surface area contributed by atoms with Gasteiger partial charge in [0.25, 0.3) is 0 Å². The molecule has 1 aromatic rings. The van der Waals surface area contributed by atoms with Crippen molar-refractivity contribution in [2.45, 2.75) is 139 Å². The van der Waals surface area contributed by atoms with Crippen LogP contribution in [0, 0.1) is 43.9 Å². The number of aliphatic imine (C=N–C) groups is 1. The van der Waals surface area contributed by atoms with Gasteiger partial charge in [0.2, 0.25) is 5.96 Å². The van der Waals surface area contributed by atoms with Crippen LogP contribution in [0.15, 0.2) is 16.6 Å². The molecule has 10 heteroatoms. The molecule has 2 rings (SSSR count). The molecule has 0 bridgehead atoms. The lowest BCUT2D eigenvalue weighted by Gasteiger charge is -2.38. The number of hydrogen-bond acceptors (Lipinski definition) is 6. The van der Waals surface area contributed by atoms with E-state index < -0.39 is 11.9 Å².